The SMILES string of the molecule is CC(=O)N1Cc2ccccc2C[C@H]1C(=O)NCCCn1cccn1. The van der Waals surface area contributed by atoms with Crippen molar-refractivity contribution < 1.29 is 9.59 Å². The van der Waals surface area contributed by atoms with Gasteiger partial charge < -0.3 is 10.2 Å². The van der Waals surface area contributed by atoms with Crippen LogP contribution < -0.4 is 5.32 Å². The van der Waals surface area contributed by atoms with Gasteiger partial charge in [0, 0.05) is 45.4 Å². The van der Waals surface area contributed by atoms with E-state index in [0.29, 0.717) is 19.5 Å². The molecule has 2 amide bonds. The summed E-state index contributed by atoms with van der Waals surface area (Å²) in [7, 11) is 0. The Balaban J connectivity index is 1.59. The number of hydrogen-bond donors (Lipinski definition) is 1. The van der Waals surface area contributed by atoms with Crippen molar-refractivity contribution in [1.29, 1.82) is 0 Å². The zero-order valence-corrected chi connectivity index (χ0v) is 13.8. The van der Waals surface area contributed by atoms with Crippen molar-refractivity contribution in [2.24, 2.45) is 0 Å². The first-order chi connectivity index (χ1) is 11.6. The third-order valence-electron chi connectivity index (χ3n) is 4.38. The molecular weight excluding hydrogens is 304 g/mol. The maximum atomic E-state index is 12.6. The van der Waals surface area contributed by atoms with Crippen LogP contribution >= 0.6 is 0 Å². The summed E-state index contributed by atoms with van der Waals surface area (Å²) in [5.41, 5.74) is 2.27. The number of hydrogen-bond acceptors (Lipinski definition) is 3. The van der Waals surface area contributed by atoms with Crippen molar-refractivity contribution in [1.82, 2.24) is 20.0 Å². The minimum absolute atomic E-state index is 0.0683. The van der Waals surface area contributed by atoms with Gasteiger partial charge in [0.2, 0.25) is 11.8 Å². The molecule has 1 aromatic heterocycles. The van der Waals surface area contributed by atoms with Gasteiger partial charge in [0.15, 0.2) is 0 Å². The Morgan fingerprint density at radius 1 is 1.25 bits per heavy atom. The van der Waals surface area contributed by atoms with Crippen molar-refractivity contribution in [2.45, 2.75) is 38.9 Å². The zero-order chi connectivity index (χ0) is 16.9. The molecule has 0 unspecified atom stereocenters. The number of carbonyl (C=O) groups is 2. The van der Waals surface area contributed by atoms with Crippen molar-refractivity contribution in [3.8, 4) is 0 Å². The number of aryl methyl sites for hydroxylation is 1. The van der Waals surface area contributed by atoms with Crippen LogP contribution in [0.3, 0.4) is 0 Å². The van der Waals surface area contributed by atoms with Gasteiger partial charge in [-0.1, -0.05) is 24.3 Å². The fourth-order valence-corrected chi connectivity index (χ4v) is 3.09. The smallest absolute Gasteiger partial charge is 0.243 e. The fraction of sp³-hybridized carbons (Fsp3) is 0.389. The Hall–Kier alpha value is -2.63. The van der Waals surface area contributed by atoms with Gasteiger partial charge in [0.25, 0.3) is 0 Å². The Morgan fingerprint density at radius 3 is 2.75 bits per heavy atom. The second kappa shape index (κ2) is 7.29. The van der Waals surface area contributed by atoms with Crippen molar-refractivity contribution in [2.75, 3.05) is 6.54 Å². The number of rotatable bonds is 5. The third kappa shape index (κ3) is 3.64. The molecule has 0 bridgehead atoms. The Kier molecular flexibility index (Phi) is 4.93. The van der Waals surface area contributed by atoms with Gasteiger partial charge in [-0.25, -0.2) is 0 Å². The normalized spacial score (nSPS) is 16.5. The van der Waals surface area contributed by atoms with E-state index in [9.17, 15) is 9.59 Å². The monoisotopic (exact) mass is 326 g/mol. The lowest BCUT2D eigenvalue weighted by atomic mass is 9.93. The van der Waals surface area contributed by atoms with Crippen LogP contribution in [0.5, 0.6) is 0 Å². The van der Waals surface area contributed by atoms with E-state index in [1.165, 1.54) is 6.92 Å². The lowest BCUT2D eigenvalue weighted by molar-refractivity contribution is -0.140. The largest absolute Gasteiger partial charge is 0.354 e. The molecule has 6 nitrogen and oxygen atoms in total. The molecule has 0 radical (unpaired) electrons. The minimum Gasteiger partial charge on any atom is -0.354 e. The van der Waals surface area contributed by atoms with Crippen LogP contribution in [0.4, 0.5) is 0 Å². The number of fused-ring (bicyclic) bond motifs is 1. The standard InChI is InChI=1S/C18H22N4O2/c1-14(23)22-13-16-7-3-2-6-15(16)12-17(22)18(24)19-8-4-10-21-11-5-9-20-21/h2-3,5-7,9,11,17H,4,8,10,12-13H2,1H3,(H,19,24)/t17-/m0/s1. The molecule has 0 fully saturated rings. The van der Waals surface area contributed by atoms with Crippen molar-refractivity contribution in [3.63, 3.8) is 0 Å². The summed E-state index contributed by atoms with van der Waals surface area (Å²) in [6.07, 6.45) is 5.01. The maximum Gasteiger partial charge on any atom is 0.243 e. The molecule has 0 saturated heterocycles. The van der Waals surface area contributed by atoms with Gasteiger partial charge in [0.1, 0.15) is 6.04 Å². The van der Waals surface area contributed by atoms with Crippen LogP contribution in [0.25, 0.3) is 0 Å². The molecule has 24 heavy (non-hydrogen) atoms. The summed E-state index contributed by atoms with van der Waals surface area (Å²) < 4.78 is 1.84. The molecule has 6 heteroatoms. The van der Waals surface area contributed by atoms with Crippen LogP contribution in [0.1, 0.15) is 24.5 Å². The van der Waals surface area contributed by atoms with E-state index < -0.39 is 6.04 Å². The van der Waals surface area contributed by atoms with Crippen molar-refractivity contribution >= 4 is 11.8 Å². The highest BCUT2D eigenvalue weighted by Crippen LogP contribution is 2.23. The second-order valence-corrected chi connectivity index (χ2v) is 6.05. The van der Waals surface area contributed by atoms with Crippen LogP contribution in [0, 0.1) is 0 Å². The van der Waals surface area contributed by atoms with Gasteiger partial charge >= 0.3 is 0 Å². The number of nitrogens with one attached hydrogen (secondary N) is 1. The van der Waals surface area contributed by atoms with Crippen LogP contribution in [-0.2, 0) is 29.1 Å². The highest BCUT2D eigenvalue weighted by atomic mass is 16.2. The first kappa shape index (κ1) is 16.2. The molecule has 0 aliphatic carbocycles. The van der Waals surface area contributed by atoms with E-state index in [1.54, 1.807) is 11.1 Å². The Bertz CT molecular complexity index is 712. The molecule has 3 rings (SSSR count). The van der Waals surface area contributed by atoms with Gasteiger partial charge in [0.05, 0.1) is 0 Å². The summed E-state index contributed by atoms with van der Waals surface area (Å²) in [6.45, 7) is 3.35. The van der Waals surface area contributed by atoms with E-state index >= 15 is 0 Å². The first-order valence-electron chi connectivity index (χ1n) is 8.24. The minimum atomic E-state index is -0.429. The molecule has 0 saturated carbocycles. The predicted octanol–water partition coefficient (Wildman–Crippen LogP) is 1.36. The molecule has 0 spiro atoms. The molecule has 126 valence electrons. The molecule has 1 N–H and O–H groups in total. The molecular formula is C18H22N4O2. The van der Waals surface area contributed by atoms with E-state index in [-0.39, 0.29) is 11.8 Å². The van der Waals surface area contributed by atoms with Crippen LogP contribution in [0.2, 0.25) is 0 Å². The molecule has 1 aromatic carbocycles. The summed E-state index contributed by atoms with van der Waals surface area (Å²) >= 11 is 0. The molecule has 2 aromatic rings. The number of amides is 2. The lowest BCUT2D eigenvalue weighted by Crippen LogP contribution is -2.52. The third-order valence-corrected chi connectivity index (χ3v) is 4.38. The first-order valence-corrected chi connectivity index (χ1v) is 8.24. The van der Waals surface area contributed by atoms with E-state index in [4.69, 9.17) is 0 Å². The highest BCUT2D eigenvalue weighted by Gasteiger charge is 2.32. The molecule has 1 atom stereocenters. The highest BCUT2D eigenvalue weighted by molar-refractivity contribution is 5.87. The second-order valence-electron chi connectivity index (χ2n) is 6.05. The lowest BCUT2D eigenvalue weighted by Gasteiger charge is -2.35. The van der Waals surface area contributed by atoms with Gasteiger partial charge in [-0.15, -0.1) is 0 Å². The quantitative estimate of drug-likeness (QED) is 0.844. The predicted molar refractivity (Wildman–Crippen MR) is 90.0 cm³/mol. The average molecular weight is 326 g/mol. The summed E-state index contributed by atoms with van der Waals surface area (Å²) in [5.74, 6) is -0.152. The van der Waals surface area contributed by atoms with Gasteiger partial charge in [-0.3, -0.25) is 14.3 Å². The summed E-state index contributed by atoms with van der Waals surface area (Å²) in [5, 5.41) is 7.09. The van der Waals surface area contributed by atoms with E-state index in [2.05, 4.69) is 10.4 Å². The van der Waals surface area contributed by atoms with Gasteiger partial charge in [-0.2, -0.15) is 5.10 Å². The van der Waals surface area contributed by atoms with Crippen LogP contribution in [0.15, 0.2) is 42.7 Å². The van der Waals surface area contributed by atoms with E-state index in [1.807, 2.05) is 41.2 Å². The number of nitrogens with zero attached hydrogens (tertiary/aromatic N) is 3. The summed E-state index contributed by atoms with van der Waals surface area (Å²) in [6, 6.07) is 9.44. The summed E-state index contributed by atoms with van der Waals surface area (Å²) in [4.78, 5) is 26.2. The maximum absolute atomic E-state index is 12.6. The average Bonchev–Trinajstić information content (AvgIpc) is 3.10. The van der Waals surface area contributed by atoms with Crippen molar-refractivity contribution in [3.05, 3.63) is 53.9 Å². The number of benzene rings is 1. The Labute approximate surface area is 141 Å². The zero-order valence-electron chi connectivity index (χ0n) is 13.8. The topological polar surface area (TPSA) is 67.2 Å². The Morgan fingerprint density at radius 2 is 2.04 bits per heavy atom. The molecule has 1 aliphatic heterocycles. The molecule has 2 heterocycles. The number of carbonyl (C=O) groups excluding carboxylic acids is 2. The molecule has 1 aliphatic rings. The van der Waals surface area contributed by atoms with Gasteiger partial charge in [-0.05, 0) is 23.6 Å². The fourth-order valence-electron chi connectivity index (χ4n) is 3.09. The van der Waals surface area contributed by atoms with E-state index in [0.717, 1.165) is 24.1 Å². The van der Waals surface area contributed by atoms with Crippen LogP contribution in [-0.4, -0.2) is 39.1 Å². The number of aromatic nitrogens is 2.